The molecule has 2 N–H and O–H groups in total. The average Bonchev–Trinajstić information content (AvgIpc) is 2.80. The summed E-state index contributed by atoms with van der Waals surface area (Å²) in [7, 11) is 0. The number of carbonyl (C=O) groups is 1. The quantitative estimate of drug-likeness (QED) is 0.838. The van der Waals surface area contributed by atoms with Crippen molar-refractivity contribution in [2.45, 2.75) is 45.2 Å². The van der Waals surface area contributed by atoms with Gasteiger partial charge in [-0.2, -0.15) is 0 Å². The van der Waals surface area contributed by atoms with Gasteiger partial charge in [0.1, 0.15) is 0 Å². The van der Waals surface area contributed by atoms with Crippen LogP contribution in [-0.2, 0) is 11.3 Å². The van der Waals surface area contributed by atoms with Crippen molar-refractivity contribution in [1.29, 1.82) is 0 Å². The van der Waals surface area contributed by atoms with E-state index in [0.29, 0.717) is 6.04 Å². The minimum absolute atomic E-state index is 0.0261. The zero-order valence-electron chi connectivity index (χ0n) is 10.3. The maximum atomic E-state index is 10.9. The van der Waals surface area contributed by atoms with Gasteiger partial charge in [-0.25, -0.2) is 0 Å². The third kappa shape index (κ3) is 3.86. The molecule has 3 nitrogen and oxygen atoms in total. The second kappa shape index (κ2) is 5.82. The van der Waals surface area contributed by atoms with Gasteiger partial charge in [0, 0.05) is 25.2 Å². The van der Waals surface area contributed by atoms with Crippen LogP contribution in [0, 0.1) is 0 Å². The van der Waals surface area contributed by atoms with Gasteiger partial charge in [-0.3, -0.25) is 4.79 Å². The molecule has 92 valence electrons. The fourth-order valence-electron chi connectivity index (χ4n) is 2.30. The lowest BCUT2D eigenvalue weighted by molar-refractivity contribution is -0.114. The Morgan fingerprint density at radius 2 is 1.88 bits per heavy atom. The fraction of sp³-hybridized carbons (Fsp3) is 0.500. The first-order chi connectivity index (χ1) is 8.24. The molecular weight excluding hydrogens is 212 g/mol. The highest BCUT2D eigenvalue weighted by molar-refractivity contribution is 5.88. The molecule has 0 radical (unpaired) electrons. The van der Waals surface area contributed by atoms with Crippen molar-refractivity contribution in [2.24, 2.45) is 0 Å². The summed E-state index contributed by atoms with van der Waals surface area (Å²) in [5.41, 5.74) is 2.13. The van der Waals surface area contributed by atoms with E-state index in [0.717, 1.165) is 12.2 Å². The summed E-state index contributed by atoms with van der Waals surface area (Å²) in [6.07, 6.45) is 5.34. The van der Waals surface area contributed by atoms with Crippen molar-refractivity contribution in [2.75, 3.05) is 5.32 Å². The van der Waals surface area contributed by atoms with E-state index in [2.05, 4.69) is 22.8 Å². The van der Waals surface area contributed by atoms with Crippen molar-refractivity contribution in [3.63, 3.8) is 0 Å². The smallest absolute Gasteiger partial charge is 0.221 e. The van der Waals surface area contributed by atoms with E-state index in [1.807, 2.05) is 12.1 Å². The summed E-state index contributed by atoms with van der Waals surface area (Å²) >= 11 is 0. The van der Waals surface area contributed by atoms with Crippen molar-refractivity contribution in [1.82, 2.24) is 5.32 Å². The zero-order valence-corrected chi connectivity index (χ0v) is 10.3. The summed E-state index contributed by atoms with van der Waals surface area (Å²) < 4.78 is 0. The van der Waals surface area contributed by atoms with Gasteiger partial charge in [-0.15, -0.1) is 0 Å². The van der Waals surface area contributed by atoms with Crippen molar-refractivity contribution >= 4 is 11.6 Å². The van der Waals surface area contributed by atoms with Crippen LogP contribution in [-0.4, -0.2) is 11.9 Å². The van der Waals surface area contributed by atoms with E-state index in [1.54, 1.807) is 0 Å². The molecular formula is C14H20N2O. The topological polar surface area (TPSA) is 41.1 Å². The van der Waals surface area contributed by atoms with Gasteiger partial charge in [-0.05, 0) is 30.5 Å². The molecule has 0 atom stereocenters. The maximum Gasteiger partial charge on any atom is 0.221 e. The largest absolute Gasteiger partial charge is 0.326 e. The molecule has 0 heterocycles. The second-order valence-corrected chi connectivity index (χ2v) is 4.74. The molecule has 2 rings (SSSR count). The molecule has 1 aliphatic rings. The van der Waals surface area contributed by atoms with Crippen molar-refractivity contribution in [3.8, 4) is 0 Å². The van der Waals surface area contributed by atoms with Crippen LogP contribution in [0.15, 0.2) is 24.3 Å². The number of hydrogen-bond acceptors (Lipinski definition) is 2. The maximum absolute atomic E-state index is 10.9. The van der Waals surface area contributed by atoms with Gasteiger partial charge in [0.05, 0.1) is 0 Å². The van der Waals surface area contributed by atoms with Crippen LogP contribution < -0.4 is 10.6 Å². The molecule has 3 heteroatoms. The van der Waals surface area contributed by atoms with Gasteiger partial charge in [-0.1, -0.05) is 25.0 Å². The third-order valence-corrected chi connectivity index (χ3v) is 3.22. The van der Waals surface area contributed by atoms with E-state index in [9.17, 15) is 4.79 Å². The lowest BCUT2D eigenvalue weighted by Crippen LogP contribution is -2.25. The molecule has 1 aromatic carbocycles. The van der Waals surface area contributed by atoms with Crippen LogP contribution in [0.4, 0.5) is 5.69 Å². The number of rotatable bonds is 4. The molecule has 0 spiro atoms. The molecule has 1 aromatic rings. The average molecular weight is 232 g/mol. The zero-order chi connectivity index (χ0) is 12.1. The number of nitrogens with one attached hydrogen (secondary N) is 2. The van der Waals surface area contributed by atoms with Crippen LogP contribution in [0.1, 0.15) is 38.2 Å². The highest BCUT2D eigenvalue weighted by Gasteiger charge is 2.13. The van der Waals surface area contributed by atoms with Crippen LogP contribution >= 0.6 is 0 Å². The lowest BCUT2D eigenvalue weighted by Gasteiger charge is -2.12. The Hall–Kier alpha value is -1.35. The first-order valence-corrected chi connectivity index (χ1v) is 6.34. The predicted molar refractivity (Wildman–Crippen MR) is 69.8 cm³/mol. The number of hydrogen-bond donors (Lipinski definition) is 2. The van der Waals surface area contributed by atoms with E-state index in [-0.39, 0.29) is 5.91 Å². The molecule has 1 aliphatic carbocycles. The molecule has 0 aromatic heterocycles. The molecule has 1 fully saturated rings. The van der Waals surface area contributed by atoms with Gasteiger partial charge in [0.2, 0.25) is 5.91 Å². The van der Waals surface area contributed by atoms with E-state index in [1.165, 1.54) is 38.2 Å². The normalized spacial score (nSPS) is 16.1. The number of amides is 1. The van der Waals surface area contributed by atoms with Gasteiger partial charge in [0.15, 0.2) is 0 Å². The monoisotopic (exact) mass is 232 g/mol. The highest BCUT2D eigenvalue weighted by Crippen LogP contribution is 2.18. The first-order valence-electron chi connectivity index (χ1n) is 6.34. The van der Waals surface area contributed by atoms with Crippen molar-refractivity contribution < 1.29 is 4.79 Å². The number of anilines is 1. The van der Waals surface area contributed by atoms with E-state index < -0.39 is 0 Å². The summed E-state index contributed by atoms with van der Waals surface area (Å²) in [4.78, 5) is 10.9. The number of benzene rings is 1. The Kier molecular flexibility index (Phi) is 4.15. The van der Waals surface area contributed by atoms with Gasteiger partial charge >= 0.3 is 0 Å². The summed E-state index contributed by atoms with van der Waals surface area (Å²) in [6, 6.07) is 8.73. The fourth-order valence-corrected chi connectivity index (χ4v) is 2.30. The van der Waals surface area contributed by atoms with Crippen LogP contribution in [0.2, 0.25) is 0 Å². The van der Waals surface area contributed by atoms with Gasteiger partial charge < -0.3 is 10.6 Å². The predicted octanol–water partition coefficient (Wildman–Crippen LogP) is 2.68. The highest BCUT2D eigenvalue weighted by atomic mass is 16.1. The standard InChI is InChI=1S/C14H20N2O/c1-11(17)16-14-8-6-12(7-9-14)10-15-13-4-2-3-5-13/h6-9,13,15H,2-5,10H2,1H3,(H,16,17). The van der Waals surface area contributed by atoms with Crippen LogP contribution in [0.3, 0.4) is 0 Å². The van der Waals surface area contributed by atoms with Crippen LogP contribution in [0.25, 0.3) is 0 Å². The Morgan fingerprint density at radius 3 is 2.47 bits per heavy atom. The Bertz CT molecular complexity index is 366. The molecule has 1 amide bonds. The molecule has 0 bridgehead atoms. The minimum atomic E-state index is -0.0261. The van der Waals surface area contributed by atoms with Crippen molar-refractivity contribution in [3.05, 3.63) is 29.8 Å². The Morgan fingerprint density at radius 1 is 1.24 bits per heavy atom. The SMILES string of the molecule is CC(=O)Nc1ccc(CNC2CCCC2)cc1. The molecule has 0 aliphatic heterocycles. The van der Waals surface area contributed by atoms with Crippen LogP contribution in [0.5, 0.6) is 0 Å². The third-order valence-electron chi connectivity index (χ3n) is 3.22. The number of carbonyl (C=O) groups excluding carboxylic acids is 1. The summed E-state index contributed by atoms with van der Waals surface area (Å²) in [5.74, 6) is -0.0261. The Balaban J connectivity index is 1.82. The minimum Gasteiger partial charge on any atom is -0.326 e. The first kappa shape index (κ1) is 12.1. The van der Waals surface area contributed by atoms with E-state index >= 15 is 0 Å². The molecule has 0 unspecified atom stereocenters. The summed E-state index contributed by atoms with van der Waals surface area (Å²) in [5, 5.41) is 6.34. The molecule has 1 saturated carbocycles. The summed E-state index contributed by atoms with van der Waals surface area (Å²) in [6.45, 7) is 2.45. The lowest BCUT2D eigenvalue weighted by atomic mass is 10.2. The second-order valence-electron chi connectivity index (χ2n) is 4.74. The Labute approximate surface area is 103 Å². The molecule has 17 heavy (non-hydrogen) atoms. The van der Waals surface area contributed by atoms with E-state index in [4.69, 9.17) is 0 Å². The molecule has 0 saturated heterocycles. The van der Waals surface area contributed by atoms with Gasteiger partial charge in [0.25, 0.3) is 0 Å².